The second kappa shape index (κ2) is 4.35. The number of hydrogen-bond donors (Lipinski definition) is 2. The van der Waals surface area contributed by atoms with Gasteiger partial charge in [-0.2, -0.15) is 0 Å². The number of hydrazine groups is 1. The molecular weight excluding hydrogens is 273 g/mol. The largest absolute Gasteiger partial charge is 0.323 e. The van der Waals surface area contributed by atoms with Gasteiger partial charge in [-0.05, 0) is 34.5 Å². The first kappa shape index (κ1) is 11.3. The van der Waals surface area contributed by atoms with Gasteiger partial charge < -0.3 is 5.43 Å². The lowest BCUT2D eigenvalue weighted by atomic mass is 10.1. The monoisotopic (exact) mass is 283 g/mol. The number of nitrogens with two attached hydrogens (primary N) is 1. The summed E-state index contributed by atoms with van der Waals surface area (Å²) in [6.45, 7) is 1.99. The van der Waals surface area contributed by atoms with Gasteiger partial charge in [-0.1, -0.05) is 6.92 Å². The number of pyridine rings is 1. The summed E-state index contributed by atoms with van der Waals surface area (Å²) < 4.78 is 13.8. The zero-order chi connectivity index (χ0) is 11.7. The van der Waals surface area contributed by atoms with E-state index in [1.807, 2.05) is 13.0 Å². The number of anilines is 1. The smallest absolute Gasteiger partial charge is 0.139 e. The normalized spacial score (nSPS) is 10.8. The first-order valence-corrected chi connectivity index (χ1v) is 5.70. The third-order valence-electron chi connectivity index (χ3n) is 2.42. The molecule has 0 atom stereocenters. The number of nitrogen functional groups attached to an aromatic ring is 1. The lowest BCUT2D eigenvalue weighted by Gasteiger charge is -2.08. The van der Waals surface area contributed by atoms with E-state index in [2.05, 4.69) is 26.3 Å². The van der Waals surface area contributed by atoms with Crippen molar-refractivity contribution in [2.45, 2.75) is 13.3 Å². The minimum atomic E-state index is -0.323. The fourth-order valence-corrected chi connectivity index (χ4v) is 1.92. The molecule has 3 nitrogen and oxygen atoms in total. The van der Waals surface area contributed by atoms with E-state index in [1.165, 1.54) is 6.07 Å². The summed E-state index contributed by atoms with van der Waals surface area (Å²) in [4.78, 5) is 4.35. The summed E-state index contributed by atoms with van der Waals surface area (Å²) in [6, 6.07) is 4.94. The van der Waals surface area contributed by atoms with E-state index in [0.29, 0.717) is 9.99 Å². The number of benzene rings is 1. The van der Waals surface area contributed by atoms with Crippen LogP contribution in [0, 0.1) is 5.82 Å². The summed E-state index contributed by atoms with van der Waals surface area (Å²) in [6.07, 6.45) is 0.780. The Bertz CT molecular complexity index is 542. The second-order valence-corrected chi connectivity index (χ2v) is 4.30. The molecule has 2 aromatic rings. The Morgan fingerprint density at radius 2 is 2.19 bits per heavy atom. The van der Waals surface area contributed by atoms with Gasteiger partial charge in [0.25, 0.3) is 0 Å². The molecule has 0 amide bonds. The molecule has 0 aliphatic carbocycles. The predicted octanol–water partition coefficient (Wildman–Crippen LogP) is 2.98. The van der Waals surface area contributed by atoms with Crippen molar-refractivity contribution in [1.29, 1.82) is 0 Å². The SMILES string of the molecule is CCc1cc(NN)c2cc(Br)c(F)cc2n1. The number of nitrogens with zero attached hydrogens (tertiary/aromatic N) is 1. The minimum absolute atomic E-state index is 0.323. The molecule has 0 aliphatic heterocycles. The van der Waals surface area contributed by atoms with Crippen LogP contribution in [-0.2, 0) is 6.42 Å². The Morgan fingerprint density at radius 3 is 2.81 bits per heavy atom. The van der Waals surface area contributed by atoms with Crippen LogP contribution in [0.3, 0.4) is 0 Å². The number of aryl methyl sites for hydroxylation is 1. The highest BCUT2D eigenvalue weighted by Gasteiger charge is 2.08. The van der Waals surface area contributed by atoms with Crippen LogP contribution >= 0.6 is 15.9 Å². The molecule has 84 valence electrons. The number of nitrogens with one attached hydrogen (secondary N) is 1. The highest BCUT2D eigenvalue weighted by atomic mass is 79.9. The molecule has 0 bridgehead atoms. The Balaban J connectivity index is 2.79. The van der Waals surface area contributed by atoms with Crippen LogP contribution in [0.15, 0.2) is 22.7 Å². The lowest BCUT2D eigenvalue weighted by Crippen LogP contribution is -2.08. The van der Waals surface area contributed by atoms with Gasteiger partial charge in [-0.3, -0.25) is 10.8 Å². The van der Waals surface area contributed by atoms with Gasteiger partial charge in [0.15, 0.2) is 0 Å². The van der Waals surface area contributed by atoms with Crippen LogP contribution in [0.1, 0.15) is 12.6 Å². The average molecular weight is 284 g/mol. The zero-order valence-corrected chi connectivity index (χ0v) is 10.3. The summed E-state index contributed by atoms with van der Waals surface area (Å²) in [5, 5.41) is 0.799. The lowest BCUT2D eigenvalue weighted by molar-refractivity contribution is 0.622. The molecule has 0 fully saturated rings. The number of aromatic nitrogens is 1. The van der Waals surface area contributed by atoms with Crippen molar-refractivity contribution in [2.75, 3.05) is 5.43 Å². The van der Waals surface area contributed by atoms with Gasteiger partial charge in [0.1, 0.15) is 5.82 Å². The Kier molecular flexibility index (Phi) is 3.07. The first-order valence-electron chi connectivity index (χ1n) is 4.91. The highest BCUT2D eigenvalue weighted by Crippen LogP contribution is 2.28. The van der Waals surface area contributed by atoms with Crippen molar-refractivity contribution in [1.82, 2.24) is 4.98 Å². The zero-order valence-electron chi connectivity index (χ0n) is 8.72. The van der Waals surface area contributed by atoms with Crippen molar-refractivity contribution in [3.63, 3.8) is 0 Å². The van der Waals surface area contributed by atoms with E-state index >= 15 is 0 Å². The van der Waals surface area contributed by atoms with Crippen molar-refractivity contribution in [3.8, 4) is 0 Å². The van der Waals surface area contributed by atoms with Crippen molar-refractivity contribution in [2.24, 2.45) is 5.84 Å². The summed E-state index contributed by atoms with van der Waals surface area (Å²) in [5.41, 5.74) is 4.84. The molecule has 3 N–H and O–H groups in total. The van der Waals surface area contributed by atoms with Crippen molar-refractivity contribution >= 4 is 32.5 Å². The van der Waals surface area contributed by atoms with Crippen molar-refractivity contribution < 1.29 is 4.39 Å². The maximum atomic E-state index is 13.4. The van der Waals surface area contributed by atoms with Gasteiger partial charge in [0.2, 0.25) is 0 Å². The fraction of sp³-hybridized carbons (Fsp3) is 0.182. The van der Waals surface area contributed by atoms with Gasteiger partial charge in [0.05, 0.1) is 15.7 Å². The molecule has 1 aromatic heterocycles. The number of rotatable bonds is 2. The molecule has 0 saturated carbocycles. The van der Waals surface area contributed by atoms with Gasteiger partial charge in [-0.15, -0.1) is 0 Å². The molecule has 5 heteroatoms. The summed E-state index contributed by atoms with van der Waals surface area (Å²) in [5.74, 6) is 5.12. The maximum absolute atomic E-state index is 13.4. The average Bonchev–Trinajstić information content (AvgIpc) is 2.29. The van der Waals surface area contributed by atoms with E-state index in [9.17, 15) is 4.39 Å². The Labute approximate surface area is 101 Å². The third-order valence-corrected chi connectivity index (χ3v) is 3.03. The van der Waals surface area contributed by atoms with Crippen LogP contribution < -0.4 is 11.3 Å². The summed E-state index contributed by atoms with van der Waals surface area (Å²) in [7, 11) is 0. The molecule has 0 unspecified atom stereocenters. The van der Waals surface area contributed by atoms with Crippen molar-refractivity contribution in [3.05, 3.63) is 34.2 Å². The van der Waals surface area contributed by atoms with E-state index < -0.39 is 0 Å². The van der Waals surface area contributed by atoms with Crippen LogP contribution in [0.4, 0.5) is 10.1 Å². The van der Waals surface area contributed by atoms with E-state index in [1.54, 1.807) is 6.07 Å². The molecule has 0 aliphatic rings. The Morgan fingerprint density at radius 1 is 1.44 bits per heavy atom. The van der Waals surface area contributed by atoms with Gasteiger partial charge in [-0.25, -0.2) is 4.39 Å². The minimum Gasteiger partial charge on any atom is -0.323 e. The molecule has 0 radical (unpaired) electrons. The molecule has 2 rings (SSSR count). The number of hydrogen-bond acceptors (Lipinski definition) is 3. The molecule has 1 aromatic carbocycles. The molecule has 1 heterocycles. The van der Waals surface area contributed by atoms with E-state index in [0.717, 1.165) is 23.2 Å². The van der Waals surface area contributed by atoms with Gasteiger partial charge >= 0.3 is 0 Å². The third kappa shape index (κ3) is 1.88. The number of halogens is 2. The maximum Gasteiger partial charge on any atom is 0.139 e. The molecular formula is C11H11BrFN3. The van der Waals surface area contributed by atoms with E-state index in [4.69, 9.17) is 5.84 Å². The molecule has 16 heavy (non-hydrogen) atoms. The first-order chi connectivity index (χ1) is 7.65. The predicted molar refractivity (Wildman–Crippen MR) is 66.6 cm³/mol. The Hall–Kier alpha value is -1.20. The molecule has 0 saturated heterocycles. The standard InChI is InChI=1S/C11H11BrFN3/c1-2-6-3-11(16-14)7-4-8(12)9(13)5-10(7)15-6/h3-5H,2,14H2,1H3,(H,15,16). The fourth-order valence-electron chi connectivity index (χ4n) is 1.58. The van der Waals surface area contributed by atoms with Crippen LogP contribution in [0.2, 0.25) is 0 Å². The number of fused-ring (bicyclic) bond motifs is 1. The highest BCUT2D eigenvalue weighted by molar-refractivity contribution is 9.10. The van der Waals surface area contributed by atoms with Gasteiger partial charge in [0, 0.05) is 17.1 Å². The topological polar surface area (TPSA) is 50.9 Å². The quantitative estimate of drug-likeness (QED) is 0.658. The molecule has 0 spiro atoms. The summed E-state index contributed by atoms with van der Waals surface area (Å²) >= 11 is 3.14. The van der Waals surface area contributed by atoms with Crippen LogP contribution in [0.5, 0.6) is 0 Å². The van der Waals surface area contributed by atoms with Crippen LogP contribution in [-0.4, -0.2) is 4.98 Å². The van der Waals surface area contributed by atoms with E-state index in [-0.39, 0.29) is 5.82 Å². The second-order valence-electron chi connectivity index (χ2n) is 3.44. The van der Waals surface area contributed by atoms with Crippen LogP contribution in [0.25, 0.3) is 10.9 Å².